The van der Waals surface area contributed by atoms with Crippen molar-refractivity contribution in [2.45, 2.75) is 26.0 Å². The van der Waals surface area contributed by atoms with Gasteiger partial charge in [0.25, 0.3) is 5.91 Å². The Balaban J connectivity index is 1.79. The van der Waals surface area contributed by atoms with E-state index in [-0.39, 0.29) is 12.3 Å². The number of ketones is 1. The molecule has 0 aliphatic carbocycles. The number of hydrogen-bond acceptors (Lipinski definition) is 4. The molecule has 1 aliphatic heterocycles. The van der Waals surface area contributed by atoms with Crippen molar-refractivity contribution >= 4 is 40.3 Å². The molecule has 6 heteroatoms. The summed E-state index contributed by atoms with van der Waals surface area (Å²) >= 11 is 7.27. The number of benzene rings is 2. The van der Waals surface area contributed by atoms with E-state index in [4.69, 9.17) is 11.6 Å². The number of Topliss-reactive ketones (excluding diaryl/α,β-unsaturated/α-hetero) is 1. The van der Waals surface area contributed by atoms with Crippen LogP contribution in [-0.4, -0.2) is 16.8 Å². The first-order valence-electron chi connectivity index (χ1n) is 9.23. The number of anilines is 1. The molecule has 0 fully saturated rings. The molecule has 2 heterocycles. The molecule has 4 rings (SSSR count). The van der Waals surface area contributed by atoms with E-state index in [1.807, 2.05) is 23.6 Å². The minimum atomic E-state index is -1.96. The van der Waals surface area contributed by atoms with E-state index >= 15 is 0 Å². The number of thiophene rings is 1. The van der Waals surface area contributed by atoms with Crippen LogP contribution in [0.3, 0.4) is 0 Å². The van der Waals surface area contributed by atoms with Gasteiger partial charge in [-0.25, -0.2) is 0 Å². The third kappa shape index (κ3) is 3.01. The summed E-state index contributed by atoms with van der Waals surface area (Å²) in [4.78, 5) is 28.9. The third-order valence-electron chi connectivity index (χ3n) is 5.61. The lowest BCUT2D eigenvalue weighted by Crippen LogP contribution is -2.53. The molecule has 1 aliphatic rings. The average Bonchev–Trinajstić information content (AvgIpc) is 3.32. The molecule has 1 atom stereocenters. The first-order chi connectivity index (χ1) is 13.8. The second-order valence-corrected chi connectivity index (χ2v) is 9.06. The van der Waals surface area contributed by atoms with Gasteiger partial charge in [0.2, 0.25) is 0 Å². The minimum absolute atomic E-state index is 0.258. The Morgan fingerprint density at radius 3 is 2.45 bits per heavy atom. The van der Waals surface area contributed by atoms with E-state index in [1.54, 1.807) is 61.2 Å². The van der Waals surface area contributed by atoms with Gasteiger partial charge in [-0.3, -0.25) is 9.59 Å². The van der Waals surface area contributed by atoms with Gasteiger partial charge in [-0.15, -0.1) is 11.3 Å². The number of carbonyl (C=O) groups excluding carboxylic acids is 2. The summed E-state index contributed by atoms with van der Waals surface area (Å²) < 4.78 is 0. The molecule has 0 spiro atoms. The molecular weight excluding hydrogens is 406 g/mol. The molecule has 4 nitrogen and oxygen atoms in total. The molecular formula is C23H20ClNO3S. The van der Waals surface area contributed by atoms with Gasteiger partial charge in [0.05, 0.1) is 22.5 Å². The molecule has 0 saturated carbocycles. The maximum Gasteiger partial charge on any atom is 0.265 e. The quantitative estimate of drug-likeness (QED) is 0.582. The maximum atomic E-state index is 13.6. The number of aliphatic hydroxyl groups is 1. The standard InChI is InChI=1S/C23H20ClNO3S/c1-22(2,20(26)19-8-5-13-29-19)23(28)17-6-3-4-7-18(17)25(21(23)27)14-15-9-11-16(24)12-10-15/h3-13,28H,14H2,1-2H3. The first-order valence-corrected chi connectivity index (χ1v) is 10.5. The zero-order valence-electron chi connectivity index (χ0n) is 16.1. The number of para-hydroxylation sites is 1. The molecule has 0 radical (unpaired) electrons. The molecule has 1 N–H and O–H groups in total. The number of hydrogen-bond donors (Lipinski definition) is 1. The summed E-state index contributed by atoms with van der Waals surface area (Å²) in [5.41, 5.74) is -1.36. The number of nitrogens with zero attached hydrogens (tertiary/aromatic N) is 1. The van der Waals surface area contributed by atoms with Crippen molar-refractivity contribution in [2.75, 3.05) is 4.90 Å². The van der Waals surface area contributed by atoms with Crippen molar-refractivity contribution < 1.29 is 14.7 Å². The van der Waals surface area contributed by atoms with Crippen molar-refractivity contribution in [1.29, 1.82) is 0 Å². The Bertz CT molecular complexity index is 1080. The SMILES string of the molecule is CC(C)(C(=O)c1cccs1)C1(O)C(=O)N(Cc2ccc(Cl)cc2)c2ccccc21. The molecule has 3 aromatic rings. The van der Waals surface area contributed by atoms with Crippen molar-refractivity contribution in [3.05, 3.63) is 87.1 Å². The van der Waals surface area contributed by atoms with E-state index in [9.17, 15) is 14.7 Å². The molecule has 0 saturated heterocycles. The Morgan fingerprint density at radius 2 is 1.79 bits per heavy atom. The topological polar surface area (TPSA) is 57.6 Å². The Morgan fingerprint density at radius 1 is 1.10 bits per heavy atom. The van der Waals surface area contributed by atoms with Gasteiger partial charge in [0.15, 0.2) is 11.4 Å². The highest BCUT2D eigenvalue weighted by molar-refractivity contribution is 7.12. The fraction of sp³-hybridized carbons (Fsp3) is 0.217. The Labute approximate surface area is 178 Å². The summed E-state index contributed by atoms with van der Waals surface area (Å²) in [7, 11) is 0. The molecule has 1 unspecified atom stereocenters. The van der Waals surface area contributed by atoms with Crippen molar-refractivity contribution in [2.24, 2.45) is 5.41 Å². The molecule has 0 bridgehead atoms. The smallest absolute Gasteiger partial charge is 0.265 e. The monoisotopic (exact) mass is 425 g/mol. The second-order valence-electron chi connectivity index (χ2n) is 7.68. The predicted octanol–water partition coefficient (Wildman–Crippen LogP) is 5.05. The fourth-order valence-electron chi connectivity index (χ4n) is 3.85. The van der Waals surface area contributed by atoms with Crippen molar-refractivity contribution in [3.63, 3.8) is 0 Å². The van der Waals surface area contributed by atoms with Crippen LogP contribution in [0.5, 0.6) is 0 Å². The normalized spacial score (nSPS) is 18.8. The van der Waals surface area contributed by atoms with E-state index in [2.05, 4.69) is 0 Å². The van der Waals surface area contributed by atoms with Crippen LogP contribution in [-0.2, 0) is 16.9 Å². The van der Waals surface area contributed by atoms with Crippen LogP contribution in [0.25, 0.3) is 0 Å². The summed E-state index contributed by atoms with van der Waals surface area (Å²) in [6.45, 7) is 3.55. The van der Waals surface area contributed by atoms with Crippen LogP contribution in [0.4, 0.5) is 5.69 Å². The predicted molar refractivity (Wildman–Crippen MR) is 115 cm³/mol. The van der Waals surface area contributed by atoms with Crippen LogP contribution in [0, 0.1) is 5.41 Å². The molecule has 1 amide bonds. The molecule has 29 heavy (non-hydrogen) atoms. The highest BCUT2D eigenvalue weighted by atomic mass is 35.5. The maximum absolute atomic E-state index is 13.6. The van der Waals surface area contributed by atoms with Crippen molar-refractivity contribution in [3.8, 4) is 0 Å². The summed E-state index contributed by atoms with van der Waals surface area (Å²) in [6.07, 6.45) is 0. The van der Waals surface area contributed by atoms with E-state index in [0.717, 1.165) is 5.56 Å². The number of amides is 1. The Hall–Kier alpha value is -2.47. The summed E-state index contributed by atoms with van der Waals surface area (Å²) in [6, 6.07) is 17.8. The lowest BCUT2D eigenvalue weighted by molar-refractivity contribution is -0.146. The van der Waals surface area contributed by atoms with Gasteiger partial charge >= 0.3 is 0 Å². The van der Waals surface area contributed by atoms with Crippen LogP contribution >= 0.6 is 22.9 Å². The molecule has 148 valence electrons. The number of fused-ring (bicyclic) bond motifs is 1. The fourth-order valence-corrected chi connectivity index (χ4v) is 4.80. The highest BCUT2D eigenvalue weighted by Gasteiger charge is 2.61. The van der Waals surface area contributed by atoms with E-state index < -0.39 is 16.9 Å². The summed E-state index contributed by atoms with van der Waals surface area (Å²) in [5.74, 6) is -0.755. The van der Waals surface area contributed by atoms with Crippen LogP contribution in [0.1, 0.15) is 34.6 Å². The van der Waals surface area contributed by atoms with E-state index in [1.165, 1.54) is 11.3 Å². The lowest BCUT2D eigenvalue weighted by atomic mass is 9.68. The van der Waals surface area contributed by atoms with Crippen LogP contribution < -0.4 is 4.90 Å². The largest absolute Gasteiger partial charge is 0.374 e. The lowest BCUT2D eigenvalue weighted by Gasteiger charge is -2.37. The van der Waals surface area contributed by atoms with E-state index in [0.29, 0.717) is 21.2 Å². The number of rotatable bonds is 5. The van der Waals surface area contributed by atoms with Gasteiger partial charge in [0, 0.05) is 10.6 Å². The number of carbonyl (C=O) groups is 2. The number of halogens is 1. The molecule has 1 aromatic heterocycles. The van der Waals surface area contributed by atoms with Gasteiger partial charge in [-0.1, -0.05) is 48.0 Å². The average molecular weight is 426 g/mol. The van der Waals surface area contributed by atoms with Crippen LogP contribution in [0.15, 0.2) is 66.0 Å². The zero-order chi connectivity index (χ0) is 20.8. The minimum Gasteiger partial charge on any atom is -0.374 e. The Kier molecular flexibility index (Phi) is 4.85. The van der Waals surface area contributed by atoms with Gasteiger partial charge in [-0.2, -0.15) is 0 Å². The molecule has 2 aromatic carbocycles. The van der Waals surface area contributed by atoms with Crippen LogP contribution in [0.2, 0.25) is 5.02 Å². The second kappa shape index (κ2) is 7.10. The first kappa shape index (κ1) is 19.8. The van der Waals surface area contributed by atoms with Gasteiger partial charge in [-0.05, 0) is 49.1 Å². The van der Waals surface area contributed by atoms with Gasteiger partial charge < -0.3 is 10.0 Å². The summed E-state index contributed by atoms with van der Waals surface area (Å²) in [5, 5.41) is 14.2. The van der Waals surface area contributed by atoms with Gasteiger partial charge in [0.1, 0.15) is 0 Å². The van der Waals surface area contributed by atoms with Crippen molar-refractivity contribution in [1.82, 2.24) is 0 Å². The highest BCUT2D eigenvalue weighted by Crippen LogP contribution is 2.51. The third-order valence-corrected chi connectivity index (χ3v) is 6.73. The zero-order valence-corrected chi connectivity index (χ0v) is 17.6.